The highest BCUT2D eigenvalue weighted by Gasteiger charge is 2.51. The summed E-state index contributed by atoms with van der Waals surface area (Å²) in [5.41, 5.74) is 0.557. The molecule has 0 radical (unpaired) electrons. The Morgan fingerprint density at radius 2 is 1.90 bits per heavy atom. The second-order valence-electron chi connectivity index (χ2n) is 9.29. The molecule has 3 amide bonds. The fourth-order valence-corrected chi connectivity index (χ4v) is 6.16. The van der Waals surface area contributed by atoms with Crippen LogP contribution in [0.3, 0.4) is 0 Å². The van der Waals surface area contributed by atoms with Crippen molar-refractivity contribution in [3.05, 3.63) is 36.0 Å². The smallest absolute Gasteiger partial charge is 0.319 e. The quantitative estimate of drug-likeness (QED) is 0.677. The van der Waals surface area contributed by atoms with Crippen molar-refractivity contribution in [2.24, 2.45) is 17.8 Å². The summed E-state index contributed by atoms with van der Waals surface area (Å²) in [4.78, 5) is 25.6. The largest absolute Gasteiger partial charge is 0.467 e. The van der Waals surface area contributed by atoms with Crippen molar-refractivity contribution in [1.82, 2.24) is 20.4 Å². The number of aryl methyl sites for hydroxylation is 1. The van der Waals surface area contributed by atoms with Gasteiger partial charge < -0.3 is 20.4 Å². The van der Waals surface area contributed by atoms with Gasteiger partial charge in [0, 0.05) is 18.3 Å². The third kappa shape index (κ3) is 3.70. The van der Waals surface area contributed by atoms with Crippen molar-refractivity contribution in [2.75, 3.05) is 5.32 Å². The van der Waals surface area contributed by atoms with Crippen LogP contribution in [-0.4, -0.2) is 27.3 Å². The number of carbonyl (C=O) groups excluding carboxylic acids is 2. The van der Waals surface area contributed by atoms with Crippen LogP contribution in [0.4, 0.5) is 10.5 Å². The molecule has 0 aromatic carbocycles. The van der Waals surface area contributed by atoms with Crippen LogP contribution >= 0.6 is 0 Å². The molecule has 0 aliphatic heterocycles. The Morgan fingerprint density at radius 1 is 1.20 bits per heavy atom. The molecule has 4 aliphatic rings. The molecule has 4 saturated carbocycles. The van der Waals surface area contributed by atoms with E-state index in [1.54, 1.807) is 29.3 Å². The van der Waals surface area contributed by atoms with Crippen molar-refractivity contribution in [1.29, 1.82) is 0 Å². The molecule has 3 N–H and O–H groups in total. The van der Waals surface area contributed by atoms with Gasteiger partial charge in [-0.05, 0) is 75.3 Å². The van der Waals surface area contributed by atoms with Crippen LogP contribution in [0.15, 0.2) is 29.0 Å². The average Bonchev–Trinajstić information content (AvgIpc) is 3.34. The van der Waals surface area contributed by atoms with Crippen LogP contribution in [0.25, 0.3) is 0 Å². The second-order valence-corrected chi connectivity index (χ2v) is 9.29. The number of furan rings is 1. The van der Waals surface area contributed by atoms with Crippen molar-refractivity contribution < 1.29 is 14.0 Å². The molecular formula is C22H29N5O3. The molecule has 4 bridgehead atoms. The summed E-state index contributed by atoms with van der Waals surface area (Å²) >= 11 is 0. The average molecular weight is 412 g/mol. The summed E-state index contributed by atoms with van der Waals surface area (Å²) in [5, 5.41) is 13.3. The van der Waals surface area contributed by atoms with E-state index >= 15 is 0 Å². The van der Waals surface area contributed by atoms with Crippen LogP contribution in [0.1, 0.15) is 61.7 Å². The number of anilines is 1. The Labute approximate surface area is 175 Å². The first-order valence-corrected chi connectivity index (χ1v) is 11.0. The number of nitrogens with one attached hydrogen (secondary N) is 3. The molecule has 160 valence electrons. The molecule has 0 spiro atoms. The lowest BCUT2D eigenvalue weighted by Gasteiger charge is -2.56. The van der Waals surface area contributed by atoms with E-state index < -0.39 is 0 Å². The molecule has 4 fully saturated rings. The molecule has 8 nitrogen and oxygen atoms in total. The lowest BCUT2D eigenvalue weighted by molar-refractivity contribution is -0.0127. The van der Waals surface area contributed by atoms with Crippen LogP contribution in [0, 0.1) is 17.8 Å². The van der Waals surface area contributed by atoms with Crippen molar-refractivity contribution in [3.8, 4) is 0 Å². The third-order valence-electron chi connectivity index (χ3n) is 6.97. The highest BCUT2D eigenvalue weighted by atomic mass is 16.3. The number of hydrogen-bond acceptors (Lipinski definition) is 4. The Morgan fingerprint density at radius 3 is 2.50 bits per heavy atom. The minimum Gasteiger partial charge on any atom is -0.467 e. The van der Waals surface area contributed by atoms with E-state index in [-0.39, 0.29) is 29.7 Å². The summed E-state index contributed by atoms with van der Waals surface area (Å²) < 4.78 is 6.91. The van der Waals surface area contributed by atoms with Crippen LogP contribution in [0.2, 0.25) is 0 Å². The molecule has 2 heterocycles. The van der Waals surface area contributed by atoms with E-state index in [0.29, 0.717) is 18.0 Å². The van der Waals surface area contributed by atoms with Gasteiger partial charge in [0.25, 0.3) is 5.91 Å². The third-order valence-corrected chi connectivity index (χ3v) is 6.97. The van der Waals surface area contributed by atoms with Crippen molar-refractivity contribution >= 4 is 17.6 Å². The van der Waals surface area contributed by atoms with Gasteiger partial charge in [-0.1, -0.05) is 0 Å². The minimum absolute atomic E-state index is 0.0821. The standard InChI is InChI=1S/C22H29N5O3/c1-2-27-13-18(19(26-27)20(28)23-12-17-4-3-5-30-17)24-21(29)25-22-9-14-6-15(10-22)8-16(7-14)11-22/h3-5,13-16H,2,6-12H2,1H3,(H,23,28)(H2,24,25,29). The summed E-state index contributed by atoms with van der Waals surface area (Å²) in [6, 6.07) is 3.32. The number of carbonyl (C=O) groups is 2. The van der Waals surface area contributed by atoms with E-state index in [4.69, 9.17) is 4.42 Å². The summed E-state index contributed by atoms with van der Waals surface area (Å²) in [7, 11) is 0. The zero-order chi connectivity index (χ0) is 20.7. The maximum absolute atomic E-state index is 12.9. The number of urea groups is 1. The molecule has 6 rings (SSSR count). The topological polar surface area (TPSA) is 101 Å². The number of aromatic nitrogens is 2. The number of rotatable bonds is 6. The van der Waals surface area contributed by atoms with Crippen molar-refractivity contribution in [3.63, 3.8) is 0 Å². The predicted octanol–water partition coefficient (Wildman–Crippen LogP) is 3.52. The van der Waals surface area contributed by atoms with Gasteiger partial charge in [-0.15, -0.1) is 0 Å². The fraction of sp³-hybridized carbons (Fsp3) is 0.591. The van der Waals surface area contributed by atoms with E-state index in [2.05, 4.69) is 21.0 Å². The molecule has 0 atom stereocenters. The van der Waals surface area contributed by atoms with Gasteiger partial charge in [0.05, 0.1) is 18.5 Å². The summed E-state index contributed by atoms with van der Waals surface area (Å²) in [5.74, 6) is 2.57. The zero-order valence-corrected chi connectivity index (χ0v) is 17.3. The van der Waals surface area contributed by atoms with Crippen LogP contribution < -0.4 is 16.0 Å². The molecule has 0 saturated heterocycles. The molecule has 30 heavy (non-hydrogen) atoms. The second kappa shape index (κ2) is 7.49. The minimum atomic E-state index is -0.344. The Balaban J connectivity index is 1.26. The molecule has 2 aromatic heterocycles. The number of nitrogens with zero attached hydrogens (tertiary/aromatic N) is 2. The number of amides is 3. The van der Waals surface area contributed by atoms with Gasteiger partial charge in [0.1, 0.15) is 5.76 Å². The monoisotopic (exact) mass is 411 g/mol. The van der Waals surface area contributed by atoms with Gasteiger partial charge >= 0.3 is 6.03 Å². The van der Waals surface area contributed by atoms with Crippen LogP contribution in [0.5, 0.6) is 0 Å². The number of hydrogen-bond donors (Lipinski definition) is 3. The summed E-state index contributed by atoms with van der Waals surface area (Å²) in [6.07, 6.45) is 10.5. The van der Waals surface area contributed by atoms with Gasteiger partial charge in [-0.25, -0.2) is 4.79 Å². The van der Waals surface area contributed by atoms with Gasteiger partial charge in [0.2, 0.25) is 0 Å². The highest BCUT2D eigenvalue weighted by Crippen LogP contribution is 2.55. The van der Waals surface area contributed by atoms with Gasteiger partial charge in [-0.2, -0.15) is 5.10 Å². The van der Waals surface area contributed by atoms with E-state index in [1.165, 1.54) is 19.3 Å². The molecule has 4 aliphatic carbocycles. The van der Waals surface area contributed by atoms with E-state index in [9.17, 15) is 9.59 Å². The predicted molar refractivity (Wildman–Crippen MR) is 111 cm³/mol. The van der Waals surface area contributed by atoms with Crippen LogP contribution in [-0.2, 0) is 13.1 Å². The zero-order valence-electron chi connectivity index (χ0n) is 17.3. The summed E-state index contributed by atoms with van der Waals surface area (Å²) in [6.45, 7) is 2.82. The normalized spacial score (nSPS) is 29.0. The maximum Gasteiger partial charge on any atom is 0.319 e. The highest BCUT2D eigenvalue weighted by molar-refractivity contribution is 6.01. The Kier molecular flexibility index (Phi) is 4.79. The lowest BCUT2D eigenvalue weighted by Crippen LogP contribution is -2.60. The van der Waals surface area contributed by atoms with E-state index in [1.807, 2.05) is 6.92 Å². The molecular weight excluding hydrogens is 382 g/mol. The first-order chi connectivity index (χ1) is 14.5. The lowest BCUT2D eigenvalue weighted by atomic mass is 9.53. The first kappa shape index (κ1) is 19.2. The molecule has 2 aromatic rings. The van der Waals surface area contributed by atoms with Gasteiger partial charge in [-0.3, -0.25) is 9.48 Å². The first-order valence-electron chi connectivity index (χ1n) is 11.0. The molecule has 8 heteroatoms. The molecule has 0 unspecified atom stereocenters. The van der Waals surface area contributed by atoms with Crippen molar-refractivity contribution in [2.45, 2.75) is 64.1 Å². The fourth-order valence-electron chi connectivity index (χ4n) is 6.16. The Hall–Kier alpha value is -2.77. The Bertz CT molecular complexity index is 897. The van der Waals surface area contributed by atoms with E-state index in [0.717, 1.165) is 37.0 Å². The maximum atomic E-state index is 12.9. The SMILES string of the molecule is CCn1cc(NC(=O)NC23CC4CC(CC(C4)C2)C3)c(C(=O)NCc2ccco2)n1. The van der Waals surface area contributed by atoms with Gasteiger partial charge in [0.15, 0.2) is 5.69 Å².